The van der Waals surface area contributed by atoms with E-state index in [2.05, 4.69) is 0 Å². The number of rotatable bonds is 0. The van der Waals surface area contributed by atoms with Crippen LogP contribution in [0.5, 0.6) is 0 Å². The summed E-state index contributed by atoms with van der Waals surface area (Å²) >= 11 is 0. The first-order valence-corrected chi connectivity index (χ1v) is 5.83. The van der Waals surface area contributed by atoms with Crippen molar-refractivity contribution in [3.63, 3.8) is 0 Å². The molecule has 1 amide bonds. The van der Waals surface area contributed by atoms with Gasteiger partial charge in [-0.2, -0.15) is 0 Å². The van der Waals surface area contributed by atoms with Crippen molar-refractivity contribution in [1.29, 1.82) is 0 Å². The fraction of sp³-hybridized carbons (Fsp3) is 0.833. The van der Waals surface area contributed by atoms with Gasteiger partial charge in [0.25, 0.3) is 0 Å². The fourth-order valence-electron chi connectivity index (χ4n) is 1.73. The molecular formula is C12H21NO3. The molecule has 4 heteroatoms. The Hall–Kier alpha value is -1.06. The smallest absolute Gasteiger partial charge is 0.410 e. The minimum absolute atomic E-state index is 0.128. The van der Waals surface area contributed by atoms with E-state index in [0.717, 1.165) is 12.8 Å². The van der Waals surface area contributed by atoms with Gasteiger partial charge >= 0.3 is 6.09 Å². The third-order valence-electron chi connectivity index (χ3n) is 2.63. The summed E-state index contributed by atoms with van der Waals surface area (Å²) in [6, 6.07) is -0.350. The predicted molar refractivity (Wildman–Crippen MR) is 61.3 cm³/mol. The average Bonchev–Trinajstić information content (AvgIpc) is 2.27. The molecule has 1 unspecified atom stereocenters. The molecule has 1 atom stereocenters. The van der Waals surface area contributed by atoms with Gasteiger partial charge < -0.3 is 4.74 Å². The average molecular weight is 227 g/mol. The van der Waals surface area contributed by atoms with Gasteiger partial charge in [-0.15, -0.1) is 0 Å². The van der Waals surface area contributed by atoms with Gasteiger partial charge in [-0.25, -0.2) is 4.79 Å². The fourth-order valence-corrected chi connectivity index (χ4v) is 1.73. The van der Waals surface area contributed by atoms with Gasteiger partial charge in [0.2, 0.25) is 0 Å². The van der Waals surface area contributed by atoms with Crippen molar-refractivity contribution in [2.24, 2.45) is 0 Å². The Labute approximate surface area is 96.9 Å². The molecule has 0 aliphatic carbocycles. The van der Waals surface area contributed by atoms with Crippen molar-refractivity contribution in [2.75, 3.05) is 6.54 Å². The van der Waals surface area contributed by atoms with Crippen molar-refractivity contribution >= 4 is 11.9 Å². The van der Waals surface area contributed by atoms with E-state index < -0.39 is 5.60 Å². The molecule has 0 N–H and O–H groups in total. The van der Waals surface area contributed by atoms with Crippen molar-refractivity contribution in [3.8, 4) is 0 Å². The van der Waals surface area contributed by atoms with Crippen molar-refractivity contribution < 1.29 is 14.3 Å². The van der Waals surface area contributed by atoms with Crippen molar-refractivity contribution in [2.45, 2.75) is 58.6 Å². The summed E-state index contributed by atoms with van der Waals surface area (Å²) in [6.07, 6.45) is 1.92. The van der Waals surface area contributed by atoms with Crippen LogP contribution in [0.2, 0.25) is 0 Å². The Morgan fingerprint density at radius 1 is 1.38 bits per heavy atom. The predicted octanol–water partition coefficient (Wildman–Crippen LogP) is 2.37. The lowest BCUT2D eigenvalue weighted by atomic mass is 10.1. The molecule has 1 heterocycles. The number of carbonyl (C=O) groups excluding carboxylic acids is 2. The maximum absolute atomic E-state index is 11.9. The molecule has 92 valence electrons. The Kier molecular flexibility index (Phi) is 3.94. The normalized spacial score (nSPS) is 22.9. The molecule has 0 aromatic heterocycles. The topological polar surface area (TPSA) is 46.6 Å². The van der Waals surface area contributed by atoms with Crippen LogP contribution in [0.25, 0.3) is 0 Å². The molecule has 0 radical (unpaired) electrons. The summed E-state index contributed by atoms with van der Waals surface area (Å²) in [4.78, 5) is 25.1. The van der Waals surface area contributed by atoms with Crippen LogP contribution in [0.4, 0.5) is 4.79 Å². The number of Topliss-reactive ketones (excluding diaryl/α,β-unsaturated/α-hetero) is 1. The molecule has 4 nitrogen and oxygen atoms in total. The quantitative estimate of drug-likeness (QED) is 0.638. The molecule has 0 spiro atoms. The highest BCUT2D eigenvalue weighted by atomic mass is 16.6. The minimum atomic E-state index is -0.508. The zero-order chi connectivity index (χ0) is 12.3. The maximum atomic E-state index is 11.9. The summed E-state index contributed by atoms with van der Waals surface area (Å²) in [5.74, 6) is 0.128. The summed E-state index contributed by atoms with van der Waals surface area (Å²) in [5, 5.41) is 0. The molecule has 0 aromatic carbocycles. The second-order valence-corrected chi connectivity index (χ2v) is 5.27. The minimum Gasteiger partial charge on any atom is -0.444 e. The number of hydrogen-bond donors (Lipinski definition) is 0. The number of likely N-dealkylation sites (tertiary alicyclic amines) is 1. The van der Waals surface area contributed by atoms with Gasteiger partial charge in [0.1, 0.15) is 5.60 Å². The van der Waals surface area contributed by atoms with E-state index >= 15 is 0 Å². The Morgan fingerprint density at radius 2 is 2.00 bits per heavy atom. The van der Waals surface area contributed by atoms with E-state index in [9.17, 15) is 9.59 Å². The molecule has 0 aromatic rings. The van der Waals surface area contributed by atoms with Crippen LogP contribution in [0.1, 0.15) is 47.0 Å². The molecule has 1 fully saturated rings. The second kappa shape index (κ2) is 4.85. The number of nitrogens with zero attached hydrogens (tertiary/aromatic N) is 1. The molecule has 1 rings (SSSR count). The standard InChI is InChI=1S/C12H21NO3/c1-9-10(14)7-5-6-8-13(9)11(15)16-12(2,3)4/h9H,5-8H2,1-4H3. The number of ether oxygens (including phenoxy) is 1. The van der Waals surface area contributed by atoms with Gasteiger partial charge in [-0.3, -0.25) is 9.69 Å². The zero-order valence-corrected chi connectivity index (χ0v) is 10.6. The summed E-state index contributed by atoms with van der Waals surface area (Å²) < 4.78 is 5.29. The van der Waals surface area contributed by atoms with Crippen LogP contribution < -0.4 is 0 Å². The summed E-state index contributed by atoms with van der Waals surface area (Å²) in [5.41, 5.74) is -0.508. The molecule has 0 saturated carbocycles. The highest BCUT2D eigenvalue weighted by Crippen LogP contribution is 2.17. The van der Waals surface area contributed by atoms with Crippen LogP contribution in [0.15, 0.2) is 0 Å². The number of ketones is 1. The number of amides is 1. The molecule has 16 heavy (non-hydrogen) atoms. The Morgan fingerprint density at radius 3 is 2.56 bits per heavy atom. The first-order valence-electron chi connectivity index (χ1n) is 5.83. The maximum Gasteiger partial charge on any atom is 0.410 e. The largest absolute Gasteiger partial charge is 0.444 e. The van der Waals surface area contributed by atoms with Crippen LogP contribution in [0.3, 0.4) is 0 Å². The van der Waals surface area contributed by atoms with Crippen molar-refractivity contribution in [3.05, 3.63) is 0 Å². The molecular weight excluding hydrogens is 206 g/mol. The van der Waals surface area contributed by atoms with E-state index in [0.29, 0.717) is 13.0 Å². The highest BCUT2D eigenvalue weighted by molar-refractivity contribution is 5.87. The van der Waals surface area contributed by atoms with Gasteiger partial charge in [0.05, 0.1) is 6.04 Å². The van der Waals surface area contributed by atoms with E-state index in [1.165, 1.54) is 0 Å². The van der Waals surface area contributed by atoms with Crippen LogP contribution >= 0.6 is 0 Å². The van der Waals surface area contributed by atoms with E-state index in [-0.39, 0.29) is 17.9 Å². The van der Waals surface area contributed by atoms with E-state index in [1.54, 1.807) is 11.8 Å². The molecule has 1 aliphatic rings. The zero-order valence-electron chi connectivity index (χ0n) is 10.6. The molecule has 1 aliphatic heterocycles. The highest BCUT2D eigenvalue weighted by Gasteiger charge is 2.30. The van der Waals surface area contributed by atoms with Gasteiger partial charge in [-0.05, 0) is 40.5 Å². The van der Waals surface area contributed by atoms with Crippen LogP contribution in [-0.2, 0) is 9.53 Å². The third-order valence-corrected chi connectivity index (χ3v) is 2.63. The lowest BCUT2D eigenvalue weighted by Crippen LogP contribution is -2.44. The van der Waals surface area contributed by atoms with E-state index in [4.69, 9.17) is 4.74 Å². The van der Waals surface area contributed by atoms with Crippen LogP contribution in [0, 0.1) is 0 Å². The first kappa shape index (κ1) is 13.0. The van der Waals surface area contributed by atoms with Crippen molar-refractivity contribution in [1.82, 2.24) is 4.90 Å². The Bertz CT molecular complexity index is 280. The monoisotopic (exact) mass is 227 g/mol. The van der Waals surface area contributed by atoms with E-state index in [1.807, 2.05) is 20.8 Å². The third kappa shape index (κ3) is 3.51. The van der Waals surface area contributed by atoms with Crippen LogP contribution in [-0.4, -0.2) is 35.0 Å². The first-order chi connectivity index (χ1) is 7.31. The summed E-state index contributed by atoms with van der Waals surface area (Å²) in [7, 11) is 0. The van der Waals surface area contributed by atoms with Gasteiger partial charge in [0, 0.05) is 13.0 Å². The second-order valence-electron chi connectivity index (χ2n) is 5.27. The van der Waals surface area contributed by atoms with Gasteiger partial charge in [0.15, 0.2) is 5.78 Å². The van der Waals surface area contributed by atoms with Gasteiger partial charge in [-0.1, -0.05) is 0 Å². The molecule has 1 saturated heterocycles. The number of carbonyl (C=O) groups is 2. The lowest BCUT2D eigenvalue weighted by molar-refractivity contribution is -0.123. The molecule has 0 bridgehead atoms. The summed E-state index contributed by atoms with van der Waals surface area (Å²) in [6.45, 7) is 7.87. The SMILES string of the molecule is CC1C(=O)CCCCN1C(=O)OC(C)(C)C. The lowest BCUT2D eigenvalue weighted by Gasteiger charge is -2.29. The Balaban J connectivity index is 2.69. The number of hydrogen-bond acceptors (Lipinski definition) is 3.